The summed E-state index contributed by atoms with van der Waals surface area (Å²) in [5.41, 5.74) is 7.51. The first-order chi connectivity index (χ1) is 13.7. The number of aromatic nitrogens is 2. The van der Waals surface area contributed by atoms with Crippen LogP contribution in [0.4, 0.5) is 0 Å². The highest BCUT2D eigenvalue weighted by atomic mass is 14.7. The molecule has 2 N–H and O–H groups in total. The number of rotatable bonds is 2. The van der Waals surface area contributed by atoms with Gasteiger partial charge in [-0.15, -0.1) is 0 Å². The van der Waals surface area contributed by atoms with Crippen molar-refractivity contribution in [2.24, 2.45) is 0 Å². The van der Waals surface area contributed by atoms with E-state index in [0.29, 0.717) is 0 Å². The van der Waals surface area contributed by atoms with Crippen LogP contribution in [0.2, 0.25) is 0 Å². The van der Waals surface area contributed by atoms with Gasteiger partial charge in [0.2, 0.25) is 0 Å². The highest BCUT2D eigenvalue weighted by Gasteiger charge is 2.17. The Morgan fingerprint density at radius 3 is 1.36 bits per heavy atom. The SMILES string of the molecule is Cc1cc(-c2ccc[nH]2)c2ccc3c(-c4ccc[nH]4)cc(C)c4ccc1c2c43. The van der Waals surface area contributed by atoms with E-state index in [1.165, 1.54) is 66.0 Å². The highest BCUT2D eigenvalue weighted by molar-refractivity contribution is 6.28. The average molecular weight is 360 g/mol. The minimum atomic E-state index is 1.17. The Hall–Kier alpha value is -3.52. The van der Waals surface area contributed by atoms with Crippen LogP contribution in [0.15, 0.2) is 73.1 Å². The molecule has 134 valence electrons. The molecule has 0 aliphatic rings. The summed E-state index contributed by atoms with van der Waals surface area (Å²) in [5, 5.41) is 8.04. The van der Waals surface area contributed by atoms with E-state index in [4.69, 9.17) is 0 Å². The van der Waals surface area contributed by atoms with E-state index in [9.17, 15) is 0 Å². The summed E-state index contributed by atoms with van der Waals surface area (Å²) in [6.07, 6.45) is 3.99. The van der Waals surface area contributed by atoms with Crippen molar-refractivity contribution in [2.75, 3.05) is 0 Å². The Kier molecular flexibility index (Phi) is 3.05. The van der Waals surface area contributed by atoms with E-state index in [-0.39, 0.29) is 0 Å². The molecule has 0 radical (unpaired) electrons. The lowest BCUT2D eigenvalue weighted by Gasteiger charge is -2.18. The van der Waals surface area contributed by atoms with Crippen LogP contribution in [0.1, 0.15) is 11.1 Å². The third-order valence-electron chi connectivity index (χ3n) is 6.09. The smallest absolute Gasteiger partial charge is 0.0460 e. The quantitative estimate of drug-likeness (QED) is 0.306. The first kappa shape index (κ1) is 15.5. The molecular weight excluding hydrogens is 340 g/mol. The lowest BCUT2D eigenvalue weighted by Crippen LogP contribution is -1.93. The van der Waals surface area contributed by atoms with Gasteiger partial charge in [-0.1, -0.05) is 24.3 Å². The van der Waals surface area contributed by atoms with Gasteiger partial charge in [-0.3, -0.25) is 0 Å². The second kappa shape index (κ2) is 5.49. The molecule has 0 unspecified atom stereocenters. The fraction of sp³-hybridized carbons (Fsp3) is 0.0769. The maximum absolute atomic E-state index is 3.40. The molecule has 0 aliphatic carbocycles. The summed E-state index contributed by atoms with van der Waals surface area (Å²) < 4.78 is 0. The summed E-state index contributed by atoms with van der Waals surface area (Å²) in [6.45, 7) is 4.44. The molecule has 2 aromatic heterocycles. The van der Waals surface area contributed by atoms with E-state index in [1.54, 1.807) is 0 Å². The molecule has 0 atom stereocenters. The molecule has 4 aromatic carbocycles. The Bertz CT molecular complexity index is 1340. The Morgan fingerprint density at radius 2 is 0.964 bits per heavy atom. The molecule has 28 heavy (non-hydrogen) atoms. The molecule has 2 heteroatoms. The normalized spacial score (nSPS) is 11.9. The van der Waals surface area contributed by atoms with Gasteiger partial charge in [0.1, 0.15) is 0 Å². The number of H-pyrrole nitrogens is 2. The number of hydrogen-bond donors (Lipinski definition) is 2. The van der Waals surface area contributed by atoms with Crippen molar-refractivity contribution in [3.63, 3.8) is 0 Å². The Balaban J connectivity index is 1.86. The number of benzene rings is 4. The molecular formula is C26H20N2. The molecule has 0 amide bonds. The van der Waals surface area contributed by atoms with E-state index >= 15 is 0 Å². The molecule has 2 heterocycles. The summed E-state index contributed by atoms with van der Waals surface area (Å²) in [4.78, 5) is 6.79. The minimum absolute atomic E-state index is 1.17. The Morgan fingerprint density at radius 1 is 0.536 bits per heavy atom. The van der Waals surface area contributed by atoms with Gasteiger partial charge in [-0.05, 0) is 93.7 Å². The fourth-order valence-corrected chi connectivity index (χ4v) is 4.79. The predicted octanol–water partition coefficient (Wildman–Crippen LogP) is 7.19. The minimum Gasteiger partial charge on any atom is -0.361 e. The second-order valence-electron chi connectivity index (χ2n) is 7.72. The molecule has 0 aliphatic heterocycles. The number of aromatic amines is 2. The standard InChI is InChI=1S/C26H20N2/c1-15-13-21(23-5-3-11-27-23)19-9-10-20-22(24-6-4-12-28-24)14-16(2)18-8-7-17(15)25(19)26(18)20/h3-14,27-28H,1-2H3. The third-order valence-corrected chi connectivity index (χ3v) is 6.09. The maximum Gasteiger partial charge on any atom is 0.0460 e. The first-order valence-electron chi connectivity index (χ1n) is 9.71. The average Bonchev–Trinajstić information content (AvgIpc) is 3.42. The molecule has 0 bridgehead atoms. The van der Waals surface area contributed by atoms with E-state index in [1.807, 2.05) is 12.4 Å². The second-order valence-corrected chi connectivity index (χ2v) is 7.72. The Labute approximate surface area is 163 Å². The van der Waals surface area contributed by atoms with Crippen molar-refractivity contribution in [1.82, 2.24) is 9.97 Å². The number of aryl methyl sites for hydroxylation is 2. The molecule has 0 saturated heterocycles. The molecule has 6 rings (SSSR count). The van der Waals surface area contributed by atoms with Crippen LogP contribution in [0.5, 0.6) is 0 Å². The van der Waals surface area contributed by atoms with E-state index in [2.05, 4.69) is 84.5 Å². The van der Waals surface area contributed by atoms with Crippen molar-refractivity contribution in [3.05, 3.63) is 84.2 Å². The van der Waals surface area contributed by atoms with Crippen molar-refractivity contribution in [1.29, 1.82) is 0 Å². The van der Waals surface area contributed by atoms with Gasteiger partial charge in [0.05, 0.1) is 0 Å². The predicted molar refractivity (Wildman–Crippen MR) is 119 cm³/mol. The van der Waals surface area contributed by atoms with Gasteiger partial charge in [0.15, 0.2) is 0 Å². The monoisotopic (exact) mass is 360 g/mol. The summed E-state index contributed by atoms with van der Waals surface area (Å²) >= 11 is 0. The van der Waals surface area contributed by atoms with Crippen LogP contribution in [0.25, 0.3) is 54.8 Å². The van der Waals surface area contributed by atoms with Crippen molar-refractivity contribution >= 4 is 32.3 Å². The first-order valence-corrected chi connectivity index (χ1v) is 9.71. The topological polar surface area (TPSA) is 31.6 Å². The molecule has 6 aromatic rings. The van der Waals surface area contributed by atoms with E-state index in [0.717, 1.165) is 0 Å². The lowest BCUT2D eigenvalue weighted by atomic mass is 9.85. The summed E-state index contributed by atoms with van der Waals surface area (Å²) in [5.74, 6) is 0. The zero-order valence-electron chi connectivity index (χ0n) is 15.9. The fourth-order valence-electron chi connectivity index (χ4n) is 4.79. The van der Waals surface area contributed by atoms with Crippen LogP contribution in [0.3, 0.4) is 0 Å². The van der Waals surface area contributed by atoms with Crippen LogP contribution >= 0.6 is 0 Å². The molecule has 0 fully saturated rings. The van der Waals surface area contributed by atoms with Crippen molar-refractivity contribution in [3.8, 4) is 22.5 Å². The van der Waals surface area contributed by atoms with Crippen LogP contribution in [0, 0.1) is 13.8 Å². The summed E-state index contributed by atoms with van der Waals surface area (Å²) in [6, 6.07) is 22.2. The molecule has 2 nitrogen and oxygen atoms in total. The van der Waals surface area contributed by atoms with E-state index < -0.39 is 0 Å². The van der Waals surface area contributed by atoms with Crippen LogP contribution in [-0.2, 0) is 0 Å². The highest BCUT2D eigenvalue weighted by Crippen LogP contribution is 2.44. The van der Waals surface area contributed by atoms with Crippen molar-refractivity contribution < 1.29 is 0 Å². The summed E-state index contributed by atoms with van der Waals surface area (Å²) in [7, 11) is 0. The van der Waals surface area contributed by atoms with Crippen LogP contribution in [-0.4, -0.2) is 9.97 Å². The van der Waals surface area contributed by atoms with Crippen LogP contribution < -0.4 is 0 Å². The van der Waals surface area contributed by atoms with Gasteiger partial charge < -0.3 is 9.97 Å². The zero-order valence-corrected chi connectivity index (χ0v) is 15.9. The zero-order chi connectivity index (χ0) is 18.8. The molecule has 0 saturated carbocycles. The molecule has 0 spiro atoms. The van der Waals surface area contributed by atoms with Gasteiger partial charge in [-0.2, -0.15) is 0 Å². The maximum atomic E-state index is 3.40. The third kappa shape index (κ3) is 1.97. The number of hydrogen-bond acceptors (Lipinski definition) is 0. The van der Waals surface area contributed by atoms with Gasteiger partial charge in [0, 0.05) is 34.9 Å². The number of nitrogens with one attached hydrogen (secondary N) is 2. The van der Waals surface area contributed by atoms with Gasteiger partial charge >= 0.3 is 0 Å². The lowest BCUT2D eigenvalue weighted by molar-refractivity contribution is 1.40. The van der Waals surface area contributed by atoms with Crippen molar-refractivity contribution in [2.45, 2.75) is 13.8 Å². The largest absolute Gasteiger partial charge is 0.361 e. The van der Waals surface area contributed by atoms with Gasteiger partial charge in [0.25, 0.3) is 0 Å². The van der Waals surface area contributed by atoms with Gasteiger partial charge in [-0.25, -0.2) is 0 Å².